The Morgan fingerprint density at radius 3 is 2.63 bits per heavy atom. The van der Waals surface area contributed by atoms with Gasteiger partial charge in [0.2, 0.25) is 0 Å². The van der Waals surface area contributed by atoms with Gasteiger partial charge in [-0.15, -0.1) is 0 Å². The molecule has 0 spiro atoms. The van der Waals surface area contributed by atoms with Gasteiger partial charge in [-0.2, -0.15) is 0 Å². The summed E-state index contributed by atoms with van der Waals surface area (Å²) in [6.07, 6.45) is 9.41. The minimum absolute atomic E-state index is 0.188. The average Bonchev–Trinajstić information content (AvgIpc) is 2.71. The van der Waals surface area contributed by atoms with E-state index in [0.717, 1.165) is 48.8 Å². The zero-order chi connectivity index (χ0) is 18.6. The number of nitrogens with zero attached hydrogens (tertiary/aromatic N) is 3. The Hall–Kier alpha value is -1.85. The average molecular weight is 387 g/mol. The van der Waals surface area contributed by atoms with Crippen LogP contribution in [0.5, 0.6) is 0 Å². The Morgan fingerprint density at radius 2 is 1.85 bits per heavy atom. The lowest BCUT2D eigenvalue weighted by atomic mass is 9.95. The lowest BCUT2D eigenvalue weighted by Gasteiger charge is -2.30. The smallest absolute Gasteiger partial charge is 0.129 e. The number of halogens is 1. The molecular weight excluding hydrogens is 360 g/mol. The molecule has 2 N–H and O–H groups in total. The summed E-state index contributed by atoms with van der Waals surface area (Å²) in [5.41, 5.74) is 1.77. The largest absolute Gasteiger partial charge is 0.393 e. The van der Waals surface area contributed by atoms with Crippen LogP contribution >= 0.6 is 11.6 Å². The molecular formula is C21H27ClN4O. The van der Waals surface area contributed by atoms with E-state index in [9.17, 15) is 5.11 Å². The Kier molecular flexibility index (Phi) is 5.79. The second-order valence-electron chi connectivity index (χ2n) is 7.63. The lowest BCUT2D eigenvalue weighted by molar-refractivity contribution is 0.145. The third kappa shape index (κ3) is 4.53. The first kappa shape index (κ1) is 18.5. The van der Waals surface area contributed by atoms with Gasteiger partial charge in [0, 0.05) is 30.9 Å². The molecule has 0 bridgehead atoms. The molecule has 1 aliphatic carbocycles. The van der Waals surface area contributed by atoms with Crippen LogP contribution in [0.25, 0.3) is 11.3 Å². The van der Waals surface area contributed by atoms with Crippen molar-refractivity contribution in [2.45, 2.75) is 57.1 Å². The standard InChI is InChI=1S/C21H27ClN4O/c22-18-14-23-20(24-15-5-2-1-3-6-15)13-17(18)19-7-4-8-21(25-19)26-11-9-16(27)10-12-26/h4,7-8,13-16,27H,1-3,5-6,9-12H2,(H,23,24). The summed E-state index contributed by atoms with van der Waals surface area (Å²) in [5, 5.41) is 13.9. The van der Waals surface area contributed by atoms with Crippen molar-refractivity contribution in [3.8, 4) is 11.3 Å². The summed E-state index contributed by atoms with van der Waals surface area (Å²) in [7, 11) is 0. The van der Waals surface area contributed by atoms with Gasteiger partial charge in [-0.1, -0.05) is 36.9 Å². The van der Waals surface area contributed by atoms with E-state index in [1.165, 1.54) is 32.1 Å². The molecule has 2 fully saturated rings. The molecule has 0 unspecified atom stereocenters. The predicted molar refractivity (Wildman–Crippen MR) is 110 cm³/mol. The molecule has 0 atom stereocenters. The zero-order valence-electron chi connectivity index (χ0n) is 15.6. The third-order valence-electron chi connectivity index (χ3n) is 5.61. The van der Waals surface area contributed by atoms with Gasteiger partial charge in [0.25, 0.3) is 0 Å². The highest BCUT2D eigenvalue weighted by Gasteiger charge is 2.19. The maximum Gasteiger partial charge on any atom is 0.129 e. The minimum atomic E-state index is -0.188. The Bertz CT molecular complexity index is 771. The molecule has 2 aliphatic rings. The predicted octanol–water partition coefficient (Wildman–Crippen LogP) is 4.50. The van der Waals surface area contributed by atoms with E-state index in [0.29, 0.717) is 11.1 Å². The molecule has 5 nitrogen and oxygen atoms in total. The topological polar surface area (TPSA) is 61.3 Å². The van der Waals surface area contributed by atoms with Crippen molar-refractivity contribution in [2.24, 2.45) is 0 Å². The Labute approximate surface area is 165 Å². The second-order valence-corrected chi connectivity index (χ2v) is 8.04. The molecule has 2 aromatic rings. The lowest BCUT2D eigenvalue weighted by Crippen LogP contribution is -2.36. The molecule has 2 aromatic heterocycles. The summed E-state index contributed by atoms with van der Waals surface area (Å²) in [5.74, 6) is 1.81. The van der Waals surface area contributed by atoms with E-state index < -0.39 is 0 Å². The number of aliphatic hydroxyl groups is 1. The summed E-state index contributed by atoms with van der Waals surface area (Å²) >= 11 is 6.45. The number of aromatic nitrogens is 2. The molecule has 1 saturated carbocycles. The highest BCUT2D eigenvalue weighted by Crippen LogP contribution is 2.31. The molecule has 27 heavy (non-hydrogen) atoms. The number of aliphatic hydroxyl groups excluding tert-OH is 1. The molecule has 144 valence electrons. The number of hydrogen-bond donors (Lipinski definition) is 2. The van der Waals surface area contributed by atoms with E-state index in [4.69, 9.17) is 16.6 Å². The van der Waals surface area contributed by atoms with Crippen molar-refractivity contribution in [2.75, 3.05) is 23.3 Å². The van der Waals surface area contributed by atoms with Crippen LogP contribution in [0.4, 0.5) is 11.6 Å². The third-order valence-corrected chi connectivity index (χ3v) is 5.91. The van der Waals surface area contributed by atoms with Crippen LogP contribution in [-0.2, 0) is 0 Å². The summed E-state index contributed by atoms with van der Waals surface area (Å²) in [6, 6.07) is 8.56. The quantitative estimate of drug-likeness (QED) is 0.809. The van der Waals surface area contributed by atoms with Crippen molar-refractivity contribution >= 4 is 23.2 Å². The van der Waals surface area contributed by atoms with Gasteiger partial charge in [-0.25, -0.2) is 9.97 Å². The van der Waals surface area contributed by atoms with Gasteiger partial charge in [0.05, 0.1) is 16.8 Å². The zero-order valence-corrected chi connectivity index (χ0v) is 16.3. The second kappa shape index (κ2) is 8.44. The Morgan fingerprint density at radius 1 is 1.07 bits per heavy atom. The highest BCUT2D eigenvalue weighted by molar-refractivity contribution is 6.33. The van der Waals surface area contributed by atoms with Crippen LogP contribution in [0, 0.1) is 0 Å². The number of pyridine rings is 2. The molecule has 4 rings (SSSR count). The number of anilines is 2. The number of rotatable bonds is 4. The van der Waals surface area contributed by atoms with Crippen LogP contribution in [0.3, 0.4) is 0 Å². The first-order valence-electron chi connectivity index (χ1n) is 10.0. The molecule has 6 heteroatoms. The maximum atomic E-state index is 9.73. The van der Waals surface area contributed by atoms with Crippen LogP contribution in [0.15, 0.2) is 30.5 Å². The Balaban J connectivity index is 1.55. The van der Waals surface area contributed by atoms with E-state index in [-0.39, 0.29) is 6.10 Å². The first-order valence-corrected chi connectivity index (χ1v) is 10.4. The molecule has 0 amide bonds. The van der Waals surface area contributed by atoms with E-state index in [1.54, 1.807) is 6.20 Å². The maximum absolute atomic E-state index is 9.73. The molecule has 1 saturated heterocycles. The highest BCUT2D eigenvalue weighted by atomic mass is 35.5. The van der Waals surface area contributed by atoms with Gasteiger partial charge >= 0.3 is 0 Å². The van der Waals surface area contributed by atoms with Crippen molar-refractivity contribution in [1.82, 2.24) is 9.97 Å². The molecule has 0 radical (unpaired) electrons. The normalized spacial score (nSPS) is 19.3. The minimum Gasteiger partial charge on any atom is -0.393 e. The summed E-state index contributed by atoms with van der Waals surface area (Å²) in [6.45, 7) is 1.66. The fraction of sp³-hybridized carbons (Fsp3) is 0.524. The van der Waals surface area contributed by atoms with Gasteiger partial charge in [-0.05, 0) is 43.9 Å². The van der Waals surface area contributed by atoms with Gasteiger partial charge in [0.1, 0.15) is 11.6 Å². The van der Waals surface area contributed by atoms with Crippen molar-refractivity contribution < 1.29 is 5.11 Å². The van der Waals surface area contributed by atoms with Gasteiger partial charge in [0.15, 0.2) is 0 Å². The van der Waals surface area contributed by atoms with E-state index in [1.807, 2.05) is 24.3 Å². The van der Waals surface area contributed by atoms with Crippen molar-refractivity contribution in [1.29, 1.82) is 0 Å². The van der Waals surface area contributed by atoms with Crippen molar-refractivity contribution in [3.05, 3.63) is 35.5 Å². The van der Waals surface area contributed by atoms with Crippen molar-refractivity contribution in [3.63, 3.8) is 0 Å². The van der Waals surface area contributed by atoms with Crippen LogP contribution < -0.4 is 10.2 Å². The summed E-state index contributed by atoms with van der Waals surface area (Å²) < 4.78 is 0. The first-order chi connectivity index (χ1) is 13.2. The molecule has 3 heterocycles. The van der Waals surface area contributed by atoms with Crippen LogP contribution in [0.1, 0.15) is 44.9 Å². The van der Waals surface area contributed by atoms with E-state index >= 15 is 0 Å². The number of nitrogens with one attached hydrogen (secondary N) is 1. The monoisotopic (exact) mass is 386 g/mol. The number of hydrogen-bond acceptors (Lipinski definition) is 5. The molecule has 1 aliphatic heterocycles. The van der Waals surface area contributed by atoms with E-state index in [2.05, 4.69) is 15.2 Å². The summed E-state index contributed by atoms with van der Waals surface area (Å²) in [4.78, 5) is 11.5. The number of piperidine rings is 1. The fourth-order valence-corrected chi connectivity index (χ4v) is 4.21. The van der Waals surface area contributed by atoms with Gasteiger partial charge in [-0.3, -0.25) is 0 Å². The SMILES string of the molecule is OC1CCN(c2cccc(-c3cc(NC4CCCCC4)ncc3Cl)n2)CC1. The van der Waals surface area contributed by atoms with Crippen LogP contribution in [0.2, 0.25) is 5.02 Å². The molecule has 0 aromatic carbocycles. The van der Waals surface area contributed by atoms with Crippen LogP contribution in [-0.4, -0.2) is 40.3 Å². The van der Waals surface area contributed by atoms with Gasteiger partial charge < -0.3 is 15.3 Å². The fourth-order valence-electron chi connectivity index (χ4n) is 4.01.